The van der Waals surface area contributed by atoms with Gasteiger partial charge in [-0.15, -0.1) is 0 Å². The first kappa shape index (κ1) is 34.6. The Labute approximate surface area is 255 Å². The number of hydrogen-bond acceptors (Lipinski definition) is 6. The number of ketones is 1. The number of ether oxygens (including phenoxy) is 1. The van der Waals surface area contributed by atoms with Gasteiger partial charge in [-0.25, -0.2) is 32.2 Å². The second-order valence-corrected chi connectivity index (χ2v) is 10.3. The van der Waals surface area contributed by atoms with Crippen molar-refractivity contribution < 1.29 is 50.7 Å². The van der Waals surface area contributed by atoms with Crippen LogP contribution in [0.4, 0.5) is 26.7 Å². The van der Waals surface area contributed by atoms with Gasteiger partial charge in [-0.1, -0.05) is 74.5 Å². The van der Waals surface area contributed by atoms with E-state index in [9.17, 15) is 41.1 Å². The van der Waals surface area contributed by atoms with E-state index in [4.69, 9.17) is 4.74 Å². The summed E-state index contributed by atoms with van der Waals surface area (Å²) in [6.07, 6.45) is -0.955. The highest BCUT2D eigenvalue weighted by Crippen LogP contribution is 2.23. The molecule has 0 heterocycles. The molecule has 3 amide bonds. The van der Waals surface area contributed by atoms with Crippen molar-refractivity contribution in [2.45, 2.75) is 52.0 Å². The number of hydrogen-bond donors (Lipinski definition) is 3. The normalized spacial score (nSPS) is 12.3. The Bertz CT molecular complexity index is 1480. The fourth-order valence-corrected chi connectivity index (χ4v) is 4.10. The molecule has 0 aliphatic rings. The zero-order chi connectivity index (χ0) is 33.1. The summed E-state index contributed by atoms with van der Waals surface area (Å²) in [6.45, 7) is 2.20. The van der Waals surface area contributed by atoms with Gasteiger partial charge in [0.15, 0.2) is 23.3 Å². The number of carbonyl (C=O) groups excluding carboxylic acids is 4. The lowest BCUT2D eigenvalue weighted by Gasteiger charge is -2.23. The third-order valence-corrected chi connectivity index (χ3v) is 6.35. The van der Waals surface area contributed by atoms with Gasteiger partial charge in [-0.3, -0.25) is 19.2 Å². The molecule has 9 nitrogen and oxygen atoms in total. The molecule has 2 unspecified atom stereocenters. The predicted molar refractivity (Wildman–Crippen MR) is 149 cm³/mol. The monoisotopic (exact) mass is 635 g/mol. The van der Waals surface area contributed by atoms with E-state index in [1.807, 2.05) is 0 Å². The second-order valence-electron chi connectivity index (χ2n) is 10.3. The summed E-state index contributed by atoms with van der Waals surface area (Å²) in [7, 11) is 0. The lowest BCUT2D eigenvalue weighted by molar-refractivity contribution is -0.148. The maximum absolute atomic E-state index is 13.9. The van der Waals surface area contributed by atoms with Crippen molar-refractivity contribution in [3.05, 3.63) is 106 Å². The molecule has 45 heavy (non-hydrogen) atoms. The lowest BCUT2D eigenvalue weighted by Crippen LogP contribution is -2.54. The van der Waals surface area contributed by atoms with Crippen LogP contribution in [0.5, 0.6) is 0 Å². The molecule has 0 saturated heterocycles. The summed E-state index contributed by atoms with van der Waals surface area (Å²) in [6, 6.07) is 14.3. The zero-order valence-electron chi connectivity index (χ0n) is 24.2. The van der Waals surface area contributed by atoms with Gasteiger partial charge in [-0.05, 0) is 23.5 Å². The average Bonchev–Trinajstić information content (AvgIpc) is 3.03. The van der Waals surface area contributed by atoms with Crippen LogP contribution < -0.4 is 16.1 Å². The van der Waals surface area contributed by atoms with Gasteiger partial charge in [0, 0.05) is 6.42 Å². The molecule has 0 bridgehead atoms. The third-order valence-electron chi connectivity index (χ3n) is 6.35. The van der Waals surface area contributed by atoms with E-state index >= 15 is 0 Å². The van der Waals surface area contributed by atoms with Gasteiger partial charge in [-0.2, -0.15) is 0 Å². The SMILES string of the molecule is CC(C)CC(NC(=O)OCc1ccccc1)C(=O)NC(Cc1ccccc1)C(=O)C(=O)NOCc1c(F)c(F)c(F)c(F)c1F. The molecule has 0 aromatic heterocycles. The molecule has 14 heteroatoms. The topological polar surface area (TPSA) is 123 Å². The Morgan fingerprint density at radius 1 is 0.689 bits per heavy atom. The molecule has 0 saturated carbocycles. The van der Waals surface area contributed by atoms with Crippen molar-refractivity contribution in [3.8, 4) is 0 Å². The predicted octanol–water partition coefficient (Wildman–Crippen LogP) is 4.57. The van der Waals surface area contributed by atoms with Gasteiger partial charge in [0.05, 0.1) is 5.56 Å². The van der Waals surface area contributed by atoms with Crippen LogP contribution in [0.3, 0.4) is 0 Å². The van der Waals surface area contributed by atoms with Gasteiger partial charge >= 0.3 is 12.0 Å². The van der Waals surface area contributed by atoms with E-state index in [0.29, 0.717) is 11.1 Å². The van der Waals surface area contributed by atoms with Crippen LogP contribution in [0.25, 0.3) is 0 Å². The average molecular weight is 636 g/mol. The first-order chi connectivity index (χ1) is 21.4. The maximum atomic E-state index is 13.9. The first-order valence-corrected chi connectivity index (χ1v) is 13.7. The molecule has 240 valence electrons. The van der Waals surface area contributed by atoms with Gasteiger partial charge in [0.2, 0.25) is 17.5 Å². The highest BCUT2D eigenvalue weighted by molar-refractivity contribution is 6.38. The number of alkyl carbamates (subject to hydrolysis) is 1. The van der Waals surface area contributed by atoms with Crippen LogP contribution >= 0.6 is 0 Å². The van der Waals surface area contributed by atoms with Crippen molar-refractivity contribution in [1.29, 1.82) is 0 Å². The van der Waals surface area contributed by atoms with Crippen LogP contribution in [0.1, 0.15) is 37.0 Å². The van der Waals surface area contributed by atoms with Crippen molar-refractivity contribution >= 4 is 23.7 Å². The van der Waals surface area contributed by atoms with E-state index < -0.39 is 77.0 Å². The quantitative estimate of drug-likeness (QED) is 0.0785. The van der Waals surface area contributed by atoms with Crippen LogP contribution in [0.2, 0.25) is 0 Å². The minimum absolute atomic E-state index is 0.0665. The van der Waals surface area contributed by atoms with Crippen molar-refractivity contribution in [1.82, 2.24) is 16.1 Å². The Morgan fingerprint density at radius 2 is 1.22 bits per heavy atom. The summed E-state index contributed by atoms with van der Waals surface area (Å²) in [4.78, 5) is 56.1. The van der Waals surface area contributed by atoms with Gasteiger partial charge < -0.3 is 15.4 Å². The Kier molecular flexibility index (Phi) is 12.5. The number of carbonyl (C=O) groups is 4. The van der Waals surface area contributed by atoms with Crippen molar-refractivity contribution in [2.24, 2.45) is 5.92 Å². The highest BCUT2D eigenvalue weighted by Gasteiger charge is 2.32. The number of halogens is 5. The summed E-state index contributed by atoms with van der Waals surface area (Å²) in [5.41, 5.74) is 1.46. The number of amides is 3. The molecule has 0 fully saturated rings. The van der Waals surface area contributed by atoms with Gasteiger partial charge in [0.1, 0.15) is 25.3 Å². The van der Waals surface area contributed by atoms with E-state index in [1.165, 1.54) is 0 Å². The van der Waals surface area contributed by atoms with Gasteiger partial charge in [0.25, 0.3) is 0 Å². The molecule has 0 radical (unpaired) electrons. The number of benzene rings is 3. The fourth-order valence-electron chi connectivity index (χ4n) is 4.10. The van der Waals surface area contributed by atoms with E-state index in [0.717, 1.165) is 0 Å². The molecule has 0 aliphatic carbocycles. The highest BCUT2D eigenvalue weighted by atomic mass is 19.2. The van der Waals surface area contributed by atoms with E-state index in [2.05, 4.69) is 15.5 Å². The fraction of sp³-hybridized carbons (Fsp3) is 0.290. The van der Waals surface area contributed by atoms with Crippen LogP contribution in [-0.4, -0.2) is 35.8 Å². The van der Waals surface area contributed by atoms with Crippen molar-refractivity contribution in [2.75, 3.05) is 0 Å². The van der Waals surface area contributed by atoms with Crippen LogP contribution in [-0.2, 0) is 43.6 Å². The second kappa shape index (κ2) is 16.3. The number of nitrogens with one attached hydrogen (secondary N) is 3. The third kappa shape index (κ3) is 9.83. The molecule has 2 atom stereocenters. The molecular formula is C31H30F5N3O6. The summed E-state index contributed by atoms with van der Waals surface area (Å²) in [5.74, 6) is -14.8. The molecule has 3 aromatic carbocycles. The number of hydroxylamine groups is 1. The maximum Gasteiger partial charge on any atom is 0.408 e. The molecule has 3 aromatic rings. The Hall–Kier alpha value is -4.85. The smallest absolute Gasteiger partial charge is 0.408 e. The standard InChI is InChI=1S/C31H30F5N3O6/c1-17(2)13-22(38-31(43)44-15-19-11-7-4-8-12-19)29(41)37-21(14-18-9-5-3-6-10-18)28(40)30(42)39-45-16-20-23(32)25(34)27(36)26(35)24(20)33/h3-12,17,21-22H,13-16H2,1-2H3,(H,37,41)(H,38,43)(H,39,42). The number of Topliss-reactive ketones (excluding diaryl/α,β-unsaturated/α-hetero) is 1. The number of rotatable bonds is 14. The summed E-state index contributed by atoms with van der Waals surface area (Å²) < 4.78 is 73.3. The first-order valence-electron chi connectivity index (χ1n) is 13.7. The lowest BCUT2D eigenvalue weighted by atomic mass is 9.99. The minimum atomic E-state index is -2.37. The summed E-state index contributed by atoms with van der Waals surface area (Å²) >= 11 is 0. The Morgan fingerprint density at radius 3 is 1.78 bits per heavy atom. The molecule has 0 aliphatic heterocycles. The largest absolute Gasteiger partial charge is 0.445 e. The van der Waals surface area contributed by atoms with Crippen molar-refractivity contribution in [3.63, 3.8) is 0 Å². The molecule has 3 N–H and O–H groups in total. The van der Waals surface area contributed by atoms with E-state index in [1.54, 1.807) is 80.0 Å². The van der Waals surface area contributed by atoms with E-state index in [-0.39, 0.29) is 25.4 Å². The zero-order valence-corrected chi connectivity index (χ0v) is 24.2. The molecule has 0 spiro atoms. The molecule has 3 rings (SSSR count). The minimum Gasteiger partial charge on any atom is -0.445 e. The summed E-state index contributed by atoms with van der Waals surface area (Å²) in [5, 5.41) is 4.91. The van der Waals surface area contributed by atoms with Crippen LogP contribution in [0, 0.1) is 35.0 Å². The van der Waals surface area contributed by atoms with Crippen LogP contribution in [0.15, 0.2) is 60.7 Å². The molecular weight excluding hydrogens is 605 g/mol. The Balaban J connectivity index is 1.71.